The molecule has 0 aromatic heterocycles. The topological polar surface area (TPSA) is 66.8 Å². The summed E-state index contributed by atoms with van der Waals surface area (Å²) in [5, 5.41) is 0. The van der Waals surface area contributed by atoms with Gasteiger partial charge in [-0.3, -0.25) is 0 Å². The van der Waals surface area contributed by atoms with Gasteiger partial charge in [-0.2, -0.15) is 0 Å². The molecule has 0 rings (SSSR count). The zero-order valence-corrected chi connectivity index (χ0v) is 11.7. The maximum atomic E-state index is 10.6. The summed E-state index contributed by atoms with van der Waals surface area (Å²) in [7, 11) is -4.83. The van der Waals surface area contributed by atoms with Crippen LogP contribution >= 0.6 is 54.2 Å². The van der Waals surface area contributed by atoms with Crippen molar-refractivity contribution in [2.45, 2.75) is 29.2 Å². The molecule has 2 N–H and O–H groups in total. The normalized spacial score (nSPS) is 17.5. The Morgan fingerprint density at radius 3 is 2.07 bits per heavy atom. The third kappa shape index (κ3) is 4.97. The molecular weight excluding hydrogens is 309 g/mol. The quantitative estimate of drug-likeness (QED) is 0.582. The first kappa shape index (κ1) is 16.3. The molecule has 0 heterocycles. The summed E-state index contributed by atoms with van der Waals surface area (Å²) < 4.78 is 12.6. The molecule has 0 aliphatic carbocycles. The maximum absolute atomic E-state index is 10.6. The monoisotopic (exact) mass is 318 g/mol. The first-order valence-corrected chi connectivity index (χ1v) is 7.17. The van der Waals surface area contributed by atoms with E-state index in [1.807, 2.05) is 0 Å². The Morgan fingerprint density at radius 1 is 1.33 bits per heavy atom. The molecule has 0 aliphatic heterocycles. The summed E-state index contributed by atoms with van der Waals surface area (Å²) >= 11 is 22.8. The Labute approximate surface area is 108 Å². The molecular formula is C6H11Cl4O4P. The molecule has 0 saturated carbocycles. The van der Waals surface area contributed by atoms with Crippen molar-refractivity contribution in [3.05, 3.63) is 0 Å². The van der Waals surface area contributed by atoms with Crippen molar-refractivity contribution < 1.29 is 18.9 Å². The number of phosphoric ester groups is 1. The van der Waals surface area contributed by atoms with E-state index in [0.29, 0.717) is 6.42 Å². The van der Waals surface area contributed by atoms with Gasteiger partial charge in [0.25, 0.3) is 0 Å². The minimum atomic E-state index is -4.83. The Bertz CT molecular complexity index is 256. The standard InChI is InChI=1S/C6H11Cl4O4P/c1-2-3-5(8,4-7)6(9,10)14-15(11,12)13/h2-4H2,1H3,(H2,11,12,13). The number of hydrogen-bond acceptors (Lipinski definition) is 2. The lowest BCUT2D eigenvalue weighted by atomic mass is 10.1. The fourth-order valence-corrected chi connectivity index (χ4v) is 2.99. The lowest BCUT2D eigenvalue weighted by molar-refractivity contribution is 0.127. The molecule has 0 bridgehead atoms. The van der Waals surface area contributed by atoms with Gasteiger partial charge in [0.1, 0.15) is 4.87 Å². The fraction of sp³-hybridized carbons (Fsp3) is 1.00. The van der Waals surface area contributed by atoms with Crippen LogP contribution in [0, 0.1) is 0 Å². The summed E-state index contributed by atoms with van der Waals surface area (Å²) in [5.74, 6) is -0.199. The van der Waals surface area contributed by atoms with Gasteiger partial charge >= 0.3 is 7.82 Å². The molecule has 0 aromatic carbocycles. The molecule has 9 heteroatoms. The van der Waals surface area contributed by atoms with Crippen LogP contribution in [0.5, 0.6) is 0 Å². The van der Waals surface area contributed by atoms with E-state index < -0.39 is 17.2 Å². The summed E-state index contributed by atoms with van der Waals surface area (Å²) in [6, 6.07) is 0. The van der Waals surface area contributed by atoms with E-state index in [1.165, 1.54) is 0 Å². The van der Waals surface area contributed by atoms with Crippen molar-refractivity contribution in [3.63, 3.8) is 0 Å². The average molecular weight is 320 g/mol. The molecule has 0 fully saturated rings. The van der Waals surface area contributed by atoms with Gasteiger partial charge < -0.3 is 9.79 Å². The molecule has 0 saturated heterocycles. The van der Waals surface area contributed by atoms with E-state index in [1.54, 1.807) is 6.92 Å². The summed E-state index contributed by atoms with van der Waals surface area (Å²) in [4.78, 5) is 15.7. The molecule has 0 spiro atoms. The first-order valence-electron chi connectivity index (χ1n) is 3.97. The molecule has 1 atom stereocenters. The molecule has 15 heavy (non-hydrogen) atoms. The molecule has 0 aliphatic rings. The van der Waals surface area contributed by atoms with Crippen molar-refractivity contribution in [3.8, 4) is 0 Å². The first-order chi connectivity index (χ1) is 6.58. The molecule has 0 amide bonds. The van der Waals surface area contributed by atoms with Crippen molar-refractivity contribution in [2.24, 2.45) is 0 Å². The largest absolute Gasteiger partial charge is 0.472 e. The predicted molar refractivity (Wildman–Crippen MR) is 61.8 cm³/mol. The van der Waals surface area contributed by atoms with Crippen LogP contribution in [-0.2, 0) is 9.09 Å². The lowest BCUT2D eigenvalue weighted by Gasteiger charge is -2.35. The van der Waals surface area contributed by atoms with Crippen molar-refractivity contribution in [1.29, 1.82) is 0 Å². The van der Waals surface area contributed by atoms with Crippen molar-refractivity contribution >= 4 is 54.2 Å². The SMILES string of the molecule is CCCC(Cl)(CCl)C(Cl)(Cl)OP(=O)(O)O. The van der Waals surface area contributed by atoms with Crippen LogP contribution in [0.2, 0.25) is 0 Å². The lowest BCUT2D eigenvalue weighted by Crippen LogP contribution is -2.44. The average Bonchev–Trinajstić information content (AvgIpc) is 1.99. The van der Waals surface area contributed by atoms with E-state index in [9.17, 15) is 4.57 Å². The number of hydrogen-bond donors (Lipinski definition) is 2. The van der Waals surface area contributed by atoms with Gasteiger partial charge in [0.2, 0.25) is 4.52 Å². The summed E-state index contributed by atoms with van der Waals surface area (Å²) in [5.41, 5.74) is 0. The highest BCUT2D eigenvalue weighted by molar-refractivity contribution is 7.46. The number of rotatable bonds is 6. The van der Waals surface area contributed by atoms with E-state index >= 15 is 0 Å². The van der Waals surface area contributed by atoms with Gasteiger partial charge in [0, 0.05) is 5.88 Å². The Hall–Kier alpha value is 1.27. The Kier molecular flexibility index (Phi) is 6.23. The van der Waals surface area contributed by atoms with Gasteiger partial charge in [0.15, 0.2) is 0 Å². The van der Waals surface area contributed by atoms with Crippen LogP contribution in [0.15, 0.2) is 0 Å². The van der Waals surface area contributed by atoms with Gasteiger partial charge in [-0.05, 0) is 6.42 Å². The van der Waals surface area contributed by atoms with Crippen molar-refractivity contribution in [2.75, 3.05) is 5.88 Å². The molecule has 1 unspecified atom stereocenters. The molecule has 0 radical (unpaired) electrons. The van der Waals surface area contributed by atoms with Crippen LogP contribution in [0.4, 0.5) is 0 Å². The summed E-state index contributed by atoms with van der Waals surface area (Å²) in [6.45, 7) is 1.80. The van der Waals surface area contributed by atoms with Crippen LogP contribution < -0.4 is 0 Å². The third-order valence-electron chi connectivity index (χ3n) is 1.61. The molecule has 92 valence electrons. The van der Waals surface area contributed by atoms with Crippen LogP contribution in [0.25, 0.3) is 0 Å². The van der Waals surface area contributed by atoms with E-state index in [2.05, 4.69) is 4.52 Å². The Balaban J connectivity index is 4.88. The fourth-order valence-electron chi connectivity index (χ4n) is 0.918. The van der Waals surface area contributed by atoms with E-state index in [-0.39, 0.29) is 12.3 Å². The van der Waals surface area contributed by atoms with Crippen LogP contribution in [-0.4, -0.2) is 25.1 Å². The third-order valence-corrected chi connectivity index (χ3v) is 4.59. The highest BCUT2D eigenvalue weighted by Crippen LogP contribution is 2.53. The van der Waals surface area contributed by atoms with E-state index in [4.69, 9.17) is 56.2 Å². The van der Waals surface area contributed by atoms with Crippen LogP contribution in [0.3, 0.4) is 0 Å². The van der Waals surface area contributed by atoms with Gasteiger partial charge in [-0.15, -0.1) is 23.2 Å². The van der Waals surface area contributed by atoms with Gasteiger partial charge in [-0.1, -0.05) is 36.5 Å². The minimum Gasteiger partial charge on any atom is -0.303 e. The minimum absolute atomic E-state index is 0.199. The second-order valence-corrected chi connectivity index (χ2v) is 6.36. The van der Waals surface area contributed by atoms with Gasteiger partial charge in [-0.25, -0.2) is 9.09 Å². The van der Waals surface area contributed by atoms with E-state index in [0.717, 1.165) is 0 Å². The smallest absolute Gasteiger partial charge is 0.303 e. The second kappa shape index (κ2) is 5.74. The maximum Gasteiger partial charge on any atom is 0.472 e. The highest BCUT2D eigenvalue weighted by Gasteiger charge is 2.52. The zero-order chi connectivity index (χ0) is 12.3. The van der Waals surface area contributed by atoms with Crippen LogP contribution in [0.1, 0.15) is 19.8 Å². The van der Waals surface area contributed by atoms with Gasteiger partial charge in [0.05, 0.1) is 0 Å². The second-order valence-electron chi connectivity index (χ2n) is 2.95. The number of phosphoric acid groups is 1. The number of alkyl halides is 4. The predicted octanol–water partition coefficient (Wildman–Crippen LogP) is 3.24. The van der Waals surface area contributed by atoms with Crippen molar-refractivity contribution in [1.82, 2.24) is 0 Å². The molecule has 4 nitrogen and oxygen atoms in total. The molecule has 0 aromatic rings. The zero-order valence-electron chi connectivity index (χ0n) is 7.79. The summed E-state index contributed by atoms with van der Waals surface area (Å²) in [6.07, 6.45) is 0.840. The number of halogens is 4. The Morgan fingerprint density at radius 2 is 1.80 bits per heavy atom. The highest BCUT2D eigenvalue weighted by atomic mass is 35.5.